The first-order valence-corrected chi connectivity index (χ1v) is 8.48. The molecule has 2 aromatic rings. The van der Waals surface area contributed by atoms with E-state index in [4.69, 9.17) is 5.73 Å². The molecule has 138 valence electrons. The molecule has 0 spiro atoms. The van der Waals surface area contributed by atoms with E-state index in [2.05, 4.69) is 19.7 Å². The highest BCUT2D eigenvalue weighted by Crippen LogP contribution is 2.40. The van der Waals surface area contributed by atoms with Crippen LogP contribution in [-0.2, 0) is 0 Å². The SMILES string of the molecule is Nc1ncc(-c2cc(N3CC[C@@H](F)C3)nc(C3CC3)n2)cc1OC(F)F. The van der Waals surface area contributed by atoms with Gasteiger partial charge in [0, 0.05) is 30.3 Å². The van der Waals surface area contributed by atoms with Crippen molar-refractivity contribution in [1.82, 2.24) is 15.0 Å². The average molecular weight is 365 g/mol. The highest BCUT2D eigenvalue weighted by Gasteiger charge is 2.30. The largest absolute Gasteiger partial charge is 0.431 e. The van der Waals surface area contributed by atoms with Gasteiger partial charge in [0.15, 0.2) is 11.6 Å². The zero-order valence-corrected chi connectivity index (χ0v) is 13.9. The molecule has 3 heterocycles. The number of anilines is 2. The second-order valence-electron chi connectivity index (χ2n) is 6.56. The van der Waals surface area contributed by atoms with Crippen molar-refractivity contribution in [3.05, 3.63) is 24.2 Å². The maximum atomic E-state index is 13.6. The molecule has 26 heavy (non-hydrogen) atoms. The Balaban J connectivity index is 1.72. The Labute approximate surface area is 148 Å². The van der Waals surface area contributed by atoms with Crippen molar-refractivity contribution in [1.29, 1.82) is 0 Å². The molecule has 1 saturated heterocycles. The maximum Gasteiger partial charge on any atom is 0.387 e. The van der Waals surface area contributed by atoms with Gasteiger partial charge in [-0.3, -0.25) is 0 Å². The Morgan fingerprint density at radius 3 is 2.65 bits per heavy atom. The highest BCUT2D eigenvalue weighted by atomic mass is 19.3. The molecule has 2 aromatic heterocycles. The number of hydrogen-bond acceptors (Lipinski definition) is 6. The van der Waals surface area contributed by atoms with E-state index >= 15 is 0 Å². The van der Waals surface area contributed by atoms with Crippen LogP contribution in [0.25, 0.3) is 11.3 Å². The summed E-state index contributed by atoms with van der Waals surface area (Å²) in [4.78, 5) is 14.9. The predicted molar refractivity (Wildman–Crippen MR) is 90.0 cm³/mol. The lowest BCUT2D eigenvalue weighted by Crippen LogP contribution is -2.22. The molecule has 0 aromatic carbocycles. The van der Waals surface area contributed by atoms with Gasteiger partial charge in [-0.15, -0.1) is 0 Å². The molecule has 1 aliphatic heterocycles. The molecule has 1 atom stereocenters. The Hall–Kier alpha value is -2.58. The van der Waals surface area contributed by atoms with Crippen LogP contribution < -0.4 is 15.4 Å². The third-order valence-electron chi connectivity index (χ3n) is 4.52. The number of rotatable bonds is 5. The second kappa shape index (κ2) is 6.62. The van der Waals surface area contributed by atoms with Crippen LogP contribution >= 0.6 is 0 Å². The summed E-state index contributed by atoms with van der Waals surface area (Å²) in [5, 5.41) is 0. The van der Waals surface area contributed by atoms with E-state index in [0.717, 1.165) is 12.8 Å². The highest BCUT2D eigenvalue weighted by molar-refractivity contribution is 5.66. The summed E-state index contributed by atoms with van der Waals surface area (Å²) < 4.78 is 43.1. The van der Waals surface area contributed by atoms with Crippen molar-refractivity contribution >= 4 is 11.6 Å². The summed E-state index contributed by atoms with van der Waals surface area (Å²) in [5.74, 6) is 1.30. The minimum absolute atomic E-state index is 0.120. The summed E-state index contributed by atoms with van der Waals surface area (Å²) >= 11 is 0. The molecule has 9 heteroatoms. The molecule has 0 unspecified atom stereocenters. The predicted octanol–water partition coefficient (Wildman–Crippen LogP) is 3.15. The van der Waals surface area contributed by atoms with Crippen LogP contribution in [0.1, 0.15) is 31.0 Å². The van der Waals surface area contributed by atoms with Gasteiger partial charge in [-0.2, -0.15) is 8.78 Å². The zero-order valence-electron chi connectivity index (χ0n) is 13.9. The van der Waals surface area contributed by atoms with Crippen molar-refractivity contribution in [2.24, 2.45) is 0 Å². The number of nitrogens with two attached hydrogens (primary N) is 1. The van der Waals surface area contributed by atoms with E-state index in [1.165, 1.54) is 12.3 Å². The topological polar surface area (TPSA) is 77.2 Å². The van der Waals surface area contributed by atoms with E-state index in [-0.39, 0.29) is 17.5 Å². The maximum absolute atomic E-state index is 13.6. The van der Waals surface area contributed by atoms with Gasteiger partial charge in [0.05, 0.1) is 12.2 Å². The van der Waals surface area contributed by atoms with Crippen LogP contribution in [0.15, 0.2) is 18.3 Å². The lowest BCUT2D eigenvalue weighted by atomic mass is 10.2. The van der Waals surface area contributed by atoms with Gasteiger partial charge in [-0.1, -0.05) is 0 Å². The summed E-state index contributed by atoms with van der Waals surface area (Å²) in [7, 11) is 0. The van der Waals surface area contributed by atoms with Crippen LogP contribution in [-0.4, -0.2) is 40.8 Å². The molecule has 1 aliphatic carbocycles. The van der Waals surface area contributed by atoms with Crippen LogP contribution in [0.4, 0.5) is 24.8 Å². The number of alkyl halides is 3. The third-order valence-corrected chi connectivity index (χ3v) is 4.52. The third kappa shape index (κ3) is 3.51. The van der Waals surface area contributed by atoms with E-state index < -0.39 is 12.8 Å². The molecule has 0 bridgehead atoms. The lowest BCUT2D eigenvalue weighted by Gasteiger charge is -2.18. The molecule has 0 amide bonds. The smallest absolute Gasteiger partial charge is 0.387 e. The van der Waals surface area contributed by atoms with Crippen molar-refractivity contribution in [3.63, 3.8) is 0 Å². The molecule has 2 fully saturated rings. The van der Waals surface area contributed by atoms with Gasteiger partial charge in [0.2, 0.25) is 0 Å². The quantitative estimate of drug-likeness (QED) is 0.877. The fourth-order valence-corrected chi connectivity index (χ4v) is 3.00. The fourth-order valence-electron chi connectivity index (χ4n) is 3.00. The number of halogens is 3. The van der Waals surface area contributed by atoms with Crippen molar-refractivity contribution in [2.45, 2.75) is 38.0 Å². The van der Waals surface area contributed by atoms with Crippen LogP contribution in [0, 0.1) is 0 Å². The fraction of sp³-hybridized carbons (Fsp3) is 0.471. The molecule has 1 saturated carbocycles. The molecular weight excluding hydrogens is 347 g/mol. The molecule has 2 N–H and O–H groups in total. The van der Waals surface area contributed by atoms with Gasteiger partial charge in [-0.25, -0.2) is 19.3 Å². The van der Waals surface area contributed by atoms with Crippen molar-refractivity contribution in [3.8, 4) is 17.0 Å². The average Bonchev–Trinajstić information content (AvgIpc) is 3.37. The summed E-state index contributed by atoms with van der Waals surface area (Å²) in [5.41, 5.74) is 6.63. The number of ether oxygens (including phenoxy) is 1. The number of nitrogen functional groups attached to an aromatic ring is 1. The van der Waals surface area contributed by atoms with Gasteiger partial charge in [0.25, 0.3) is 0 Å². The molecule has 2 aliphatic rings. The summed E-state index contributed by atoms with van der Waals surface area (Å²) in [6.07, 6.45) is 3.07. The summed E-state index contributed by atoms with van der Waals surface area (Å²) in [6.45, 7) is -2.12. The minimum atomic E-state index is -3.00. The van der Waals surface area contributed by atoms with Crippen molar-refractivity contribution < 1.29 is 17.9 Å². The first-order valence-electron chi connectivity index (χ1n) is 8.48. The number of aromatic nitrogens is 3. The lowest BCUT2D eigenvalue weighted by molar-refractivity contribution is -0.0494. The van der Waals surface area contributed by atoms with Crippen LogP contribution in [0.2, 0.25) is 0 Å². The Kier molecular flexibility index (Phi) is 4.29. The van der Waals surface area contributed by atoms with Crippen molar-refractivity contribution in [2.75, 3.05) is 23.7 Å². The van der Waals surface area contributed by atoms with Gasteiger partial charge >= 0.3 is 6.61 Å². The van der Waals surface area contributed by atoms with Gasteiger partial charge in [-0.05, 0) is 25.3 Å². The normalized spacial score (nSPS) is 20.0. The van der Waals surface area contributed by atoms with E-state index in [1.54, 1.807) is 6.07 Å². The Bertz CT molecular complexity index is 815. The first-order chi connectivity index (χ1) is 12.5. The van der Waals surface area contributed by atoms with Gasteiger partial charge < -0.3 is 15.4 Å². The van der Waals surface area contributed by atoms with E-state index in [9.17, 15) is 13.2 Å². The van der Waals surface area contributed by atoms with Crippen LogP contribution in [0.5, 0.6) is 5.75 Å². The Morgan fingerprint density at radius 1 is 1.19 bits per heavy atom. The molecular formula is C17H18F3N5O. The van der Waals surface area contributed by atoms with Gasteiger partial charge in [0.1, 0.15) is 17.8 Å². The molecule has 4 rings (SSSR count). The number of nitrogens with zero attached hydrogens (tertiary/aromatic N) is 4. The minimum Gasteiger partial charge on any atom is -0.431 e. The van der Waals surface area contributed by atoms with Crippen LogP contribution in [0.3, 0.4) is 0 Å². The second-order valence-corrected chi connectivity index (χ2v) is 6.56. The molecule has 0 radical (unpaired) electrons. The number of pyridine rings is 1. The standard InChI is InChI=1S/C17H18F3N5O/c18-11-3-4-25(8-11)14-6-12(23-16(24-14)9-1-2-9)10-5-13(26-17(19)20)15(21)22-7-10/h5-7,9,11,17H,1-4,8H2,(H2,21,22)/t11-/m1/s1. The van der Waals surface area contributed by atoms with E-state index in [1.807, 2.05) is 4.90 Å². The number of hydrogen-bond donors (Lipinski definition) is 1. The first kappa shape index (κ1) is 16.9. The monoisotopic (exact) mass is 365 g/mol. The Morgan fingerprint density at radius 2 is 2.00 bits per heavy atom. The summed E-state index contributed by atoms with van der Waals surface area (Å²) in [6, 6.07) is 3.11. The van der Waals surface area contributed by atoms with E-state index in [0.29, 0.717) is 42.4 Å². The molecule has 6 nitrogen and oxygen atoms in total. The zero-order chi connectivity index (χ0) is 18.3.